The molecule has 1 aromatic rings. The Labute approximate surface area is 197 Å². The van der Waals surface area contributed by atoms with Crippen molar-refractivity contribution in [3.63, 3.8) is 0 Å². The molecule has 4 heterocycles. The summed E-state index contributed by atoms with van der Waals surface area (Å²) in [5.74, 6) is 1.20. The topological polar surface area (TPSA) is 96.8 Å². The van der Waals surface area contributed by atoms with Crippen molar-refractivity contribution in [2.24, 2.45) is 0 Å². The third kappa shape index (κ3) is 6.22. The summed E-state index contributed by atoms with van der Waals surface area (Å²) in [5.41, 5.74) is 1.17. The number of carbonyl (C=O) groups excluding carboxylic acids is 1. The van der Waals surface area contributed by atoms with E-state index in [2.05, 4.69) is 25.3 Å². The molecule has 1 amide bonds. The number of carbonyl (C=O) groups is 1. The first-order valence-electron chi connectivity index (χ1n) is 12.5. The van der Waals surface area contributed by atoms with Crippen LogP contribution in [0.3, 0.4) is 0 Å². The van der Waals surface area contributed by atoms with Gasteiger partial charge in [0.05, 0.1) is 12.2 Å². The third-order valence-corrected chi connectivity index (χ3v) is 7.04. The predicted molar refractivity (Wildman–Crippen MR) is 132 cm³/mol. The van der Waals surface area contributed by atoms with Crippen LogP contribution in [-0.4, -0.2) is 106 Å². The molecule has 4 rings (SSSR count). The van der Waals surface area contributed by atoms with Crippen LogP contribution in [0, 0.1) is 5.41 Å². The number of pyridine rings is 1. The summed E-state index contributed by atoms with van der Waals surface area (Å²) in [7, 11) is 1.79. The average molecular weight is 458 g/mol. The van der Waals surface area contributed by atoms with Gasteiger partial charge in [-0.3, -0.25) is 4.79 Å². The van der Waals surface area contributed by atoms with Gasteiger partial charge >= 0.3 is 0 Å². The first-order chi connectivity index (χ1) is 16.2. The minimum Gasteiger partial charge on any atom is -0.380 e. The fourth-order valence-corrected chi connectivity index (χ4v) is 5.05. The molecule has 3 N–H and O–H groups in total. The molecule has 3 aliphatic rings. The van der Waals surface area contributed by atoms with Crippen molar-refractivity contribution in [3.05, 3.63) is 17.2 Å². The van der Waals surface area contributed by atoms with Crippen LogP contribution in [0.1, 0.15) is 48.0 Å². The van der Waals surface area contributed by atoms with Crippen LogP contribution in [0.5, 0.6) is 0 Å². The number of nitrogens with zero attached hydrogens (tertiary/aromatic N) is 4. The number of piperidine rings is 1. The Morgan fingerprint density at radius 3 is 2.52 bits per heavy atom. The van der Waals surface area contributed by atoms with Gasteiger partial charge in [-0.25, -0.2) is 4.98 Å². The van der Waals surface area contributed by atoms with Gasteiger partial charge in [0.25, 0.3) is 5.91 Å². The van der Waals surface area contributed by atoms with Crippen molar-refractivity contribution in [2.45, 2.75) is 38.1 Å². The second-order valence-electron chi connectivity index (χ2n) is 9.28. The largest absolute Gasteiger partial charge is 0.380 e. The standard InChI is InChI=1S/C24H39N7O2/c1-26-22-19(18-25)17-21(23(28-22)31-9-4-15-33-16-14-31)24(32)27-20-5-10-30(11-6-20)13-12-29-7-2-3-8-29/h17-18,20,25H,2-16H2,1H3,(H,26,28)(H,27,32). The number of likely N-dealkylation sites (tertiary alicyclic amines) is 2. The number of anilines is 2. The summed E-state index contributed by atoms with van der Waals surface area (Å²) >= 11 is 0. The fourth-order valence-electron chi connectivity index (χ4n) is 5.05. The minimum absolute atomic E-state index is 0.0936. The lowest BCUT2D eigenvalue weighted by Gasteiger charge is -2.33. The highest BCUT2D eigenvalue weighted by atomic mass is 16.5. The molecule has 0 spiro atoms. The molecule has 0 atom stereocenters. The molecular formula is C24H39N7O2. The summed E-state index contributed by atoms with van der Waals surface area (Å²) in [5, 5.41) is 14.1. The summed E-state index contributed by atoms with van der Waals surface area (Å²) in [6, 6.07) is 1.97. The summed E-state index contributed by atoms with van der Waals surface area (Å²) in [4.78, 5) is 25.4. The highest BCUT2D eigenvalue weighted by Crippen LogP contribution is 2.25. The molecule has 0 aliphatic carbocycles. The SMILES string of the molecule is CNc1nc(N2CCCOCC2)c(C(=O)NC2CCN(CCN3CCCC3)CC2)cc1C=N. The molecule has 9 heteroatoms. The summed E-state index contributed by atoms with van der Waals surface area (Å²) in [6.45, 7) is 9.69. The number of hydrogen-bond donors (Lipinski definition) is 3. The molecule has 0 aromatic carbocycles. The van der Waals surface area contributed by atoms with Crippen molar-refractivity contribution < 1.29 is 9.53 Å². The zero-order valence-electron chi connectivity index (χ0n) is 19.9. The molecule has 33 heavy (non-hydrogen) atoms. The van der Waals surface area contributed by atoms with Gasteiger partial charge in [-0.1, -0.05) is 0 Å². The van der Waals surface area contributed by atoms with Crippen LogP contribution < -0.4 is 15.5 Å². The molecule has 3 fully saturated rings. The van der Waals surface area contributed by atoms with E-state index in [-0.39, 0.29) is 11.9 Å². The molecule has 0 unspecified atom stereocenters. The third-order valence-electron chi connectivity index (χ3n) is 7.04. The molecule has 182 valence electrons. The second kappa shape index (κ2) is 11.8. The van der Waals surface area contributed by atoms with Gasteiger partial charge < -0.3 is 35.5 Å². The maximum atomic E-state index is 13.4. The first-order valence-corrected chi connectivity index (χ1v) is 12.5. The van der Waals surface area contributed by atoms with Crippen LogP contribution >= 0.6 is 0 Å². The number of aromatic nitrogens is 1. The molecule has 0 saturated carbocycles. The van der Waals surface area contributed by atoms with Gasteiger partial charge in [0.15, 0.2) is 0 Å². The number of hydrogen-bond acceptors (Lipinski definition) is 8. The van der Waals surface area contributed by atoms with Gasteiger partial charge in [-0.15, -0.1) is 0 Å². The Kier molecular flexibility index (Phi) is 8.52. The van der Waals surface area contributed by atoms with E-state index >= 15 is 0 Å². The normalized spacial score (nSPS) is 21.1. The Morgan fingerprint density at radius 2 is 1.82 bits per heavy atom. The van der Waals surface area contributed by atoms with E-state index < -0.39 is 0 Å². The van der Waals surface area contributed by atoms with Crippen molar-refractivity contribution in [1.82, 2.24) is 20.1 Å². The molecule has 3 aliphatic heterocycles. The van der Waals surface area contributed by atoms with Gasteiger partial charge in [-0.2, -0.15) is 0 Å². The van der Waals surface area contributed by atoms with Crippen LogP contribution in [0.2, 0.25) is 0 Å². The highest BCUT2D eigenvalue weighted by molar-refractivity contribution is 6.02. The number of nitrogens with one attached hydrogen (secondary N) is 3. The smallest absolute Gasteiger partial charge is 0.255 e. The quantitative estimate of drug-likeness (QED) is 0.511. The molecular weight excluding hydrogens is 418 g/mol. The van der Waals surface area contributed by atoms with E-state index in [4.69, 9.17) is 15.1 Å². The van der Waals surface area contributed by atoms with Crippen LogP contribution in [0.25, 0.3) is 0 Å². The zero-order valence-corrected chi connectivity index (χ0v) is 19.9. The average Bonchev–Trinajstić information content (AvgIpc) is 3.23. The Morgan fingerprint density at radius 1 is 1.09 bits per heavy atom. The fraction of sp³-hybridized carbons (Fsp3) is 0.708. The zero-order chi connectivity index (χ0) is 23.0. The highest BCUT2D eigenvalue weighted by Gasteiger charge is 2.26. The predicted octanol–water partition coefficient (Wildman–Crippen LogP) is 1.64. The molecule has 3 saturated heterocycles. The second-order valence-corrected chi connectivity index (χ2v) is 9.28. The van der Waals surface area contributed by atoms with Crippen molar-refractivity contribution >= 4 is 23.8 Å². The lowest BCUT2D eigenvalue weighted by Crippen LogP contribution is -2.46. The molecule has 0 radical (unpaired) electrons. The summed E-state index contributed by atoms with van der Waals surface area (Å²) in [6.07, 6.45) is 6.77. The molecule has 0 bridgehead atoms. The van der Waals surface area contributed by atoms with Gasteiger partial charge in [-0.05, 0) is 51.3 Å². The van der Waals surface area contributed by atoms with E-state index in [0.717, 1.165) is 58.6 Å². The minimum atomic E-state index is -0.0936. The number of ether oxygens (including phenoxy) is 1. The Hall–Kier alpha value is -2.23. The maximum absolute atomic E-state index is 13.4. The van der Waals surface area contributed by atoms with Crippen LogP contribution in [0.4, 0.5) is 11.6 Å². The van der Waals surface area contributed by atoms with Gasteiger partial charge in [0.2, 0.25) is 0 Å². The van der Waals surface area contributed by atoms with Crippen molar-refractivity contribution in [2.75, 3.05) is 82.8 Å². The van der Waals surface area contributed by atoms with E-state index in [9.17, 15) is 4.79 Å². The van der Waals surface area contributed by atoms with Crippen molar-refractivity contribution in [1.29, 1.82) is 5.41 Å². The lowest BCUT2D eigenvalue weighted by atomic mass is 10.0. The van der Waals surface area contributed by atoms with Crippen molar-refractivity contribution in [3.8, 4) is 0 Å². The lowest BCUT2D eigenvalue weighted by molar-refractivity contribution is 0.0908. The van der Waals surface area contributed by atoms with E-state index in [0.29, 0.717) is 35.9 Å². The Balaban J connectivity index is 1.40. The first kappa shape index (κ1) is 23.9. The van der Waals surface area contributed by atoms with E-state index in [1.165, 1.54) is 32.1 Å². The number of amides is 1. The summed E-state index contributed by atoms with van der Waals surface area (Å²) < 4.78 is 5.60. The maximum Gasteiger partial charge on any atom is 0.255 e. The van der Waals surface area contributed by atoms with E-state index in [1.54, 1.807) is 13.1 Å². The van der Waals surface area contributed by atoms with E-state index in [1.807, 2.05) is 0 Å². The molecule has 9 nitrogen and oxygen atoms in total. The number of rotatable bonds is 8. The monoisotopic (exact) mass is 457 g/mol. The van der Waals surface area contributed by atoms with Gasteiger partial charge in [0, 0.05) is 70.7 Å². The van der Waals surface area contributed by atoms with Crippen LogP contribution in [-0.2, 0) is 4.74 Å². The Bertz CT molecular complexity index is 796. The van der Waals surface area contributed by atoms with Crippen LogP contribution in [0.15, 0.2) is 6.07 Å². The molecule has 1 aromatic heterocycles. The van der Waals surface area contributed by atoms with Gasteiger partial charge in [0.1, 0.15) is 11.6 Å².